The number of hydrogen-bond acceptors (Lipinski definition) is 5. The Morgan fingerprint density at radius 2 is 1.91 bits per heavy atom. The molecule has 4 rings (SSSR count). The Balaban J connectivity index is 1.42. The molecular formula is C25H26F3N3O2S. The van der Waals surface area contributed by atoms with Crippen molar-refractivity contribution in [3.05, 3.63) is 81.1 Å². The lowest BCUT2D eigenvalue weighted by Gasteiger charge is -2.37. The summed E-state index contributed by atoms with van der Waals surface area (Å²) in [7, 11) is 0. The molecule has 5 nitrogen and oxygen atoms in total. The van der Waals surface area contributed by atoms with E-state index in [0.29, 0.717) is 43.8 Å². The van der Waals surface area contributed by atoms with Crippen molar-refractivity contribution >= 4 is 17.2 Å². The van der Waals surface area contributed by atoms with Crippen molar-refractivity contribution in [1.82, 2.24) is 15.2 Å². The van der Waals surface area contributed by atoms with E-state index >= 15 is 0 Å². The second-order valence-electron chi connectivity index (χ2n) is 8.39. The van der Waals surface area contributed by atoms with Crippen molar-refractivity contribution in [2.45, 2.75) is 38.8 Å². The third kappa shape index (κ3) is 5.42. The molecule has 9 heteroatoms. The van der Waals surface area contributed by atoms with Crippen LogP contribution in [0.2, 0.25) is 0 Å². The van der Waals surface area contributed by atoms with E-state index in [1.807, 2.05) is 6.92 Å². The molecule has 180 valence electrons. The maximum Gasteiger partial charge on any atom is 0.254 e. The van der Waals surface area contributed by atoms with Crippen LogP contribution in [0.25, 0.3) is 0 Å². The fraction of sp³-hybridized carbons (Fsp3) is 0.360. The second kappa shape index (κ2) is 10.6. The first-order valence-electron chi connectivity index (χ1n) is 11.1. The number of aryl methyl sites for hydroxylation is 2. The smallest absolute Gasteiger partial charge is 0.254 e. The van der Waals surface area contributed by atoms with Crippen LogP contribution in [-0.2, 0) is 0 Å². The molecule has 0 spiro atoms. The van der Waals surface area contributed by atoms with Crippen molar-refractivity contribution in [2.24, 2.45) is 0 Å². The molecule has 0 bridgehead atoms. The number of nitrogens with zero attached hydrogens (tertiary/aromatic N) is 2. The summed E-state index contributed by atoms with van der Waals surface area (Å²) in [5.41, 5.74) is 3.31. The van der Waals surface area contributed by atoms with E-state index in [9.17, 15) is 18.0 Å². The molecule has 1 fully saturated rings. The van der Waals surface area contributed by atoms with Gasteiger partial charge in [-0.05, 0) is 50.5 Å². The zero-order chi connectivity index (χ0) is 24.2. The molecule has 1 aliphatic rings. The van der Waals surface area contributed by atoms with Gasteiger partial charge in [-0.1, -0.05) is 12.1 Å². The fourth-order valence-electron chi connectivity index (χ4n) is 4.26. The fourth-order valence-corrected chi connectivity index (χ4v) is 5.20. The summed E-state index contributed by atoms with van der Waals surface area (Å²) in [5, 5.41) is 2.91. The van der Waals surface area contributed by atoms with Crippen LogP contribution in [0, 0.1) is 31.3 Å². The van der Waals surface area contributed by atoms with Gasteiger partial charge in [-0.3, -0.25) is 9.69 Å². The number of hydrogen-bond donors (Lipinski definition) is 1. The first kappa shape index (κ1) is 24.2. The third-order valence-corrected chi connectivity index (χ3v) is 7.13. The van der Waals surface area contributed by atoms with Crippen LogP contribution in [0.1, 0.15) is 45.4 Å². The summed E-state index contributed by atoms with van der Waals surface area (Å²) < 4.78 is 46.8. The minimum Gasteiger partial charge on any atom is -0.490 e. The molecule has 1 atom stereocenters. The van der Waals surface area contributed by atoms with Gasteiger partial charge in [-0.25, -0.2) is 18.2 Å². The van der Waals surface area contributed by atoms with E-state index in [1.165, 1.54) is 23.5 Å². The zero-order valence-electron chi connectivity index (χ0n) is 19.0. The van der Waals surface area contributed by atoms with Crippen LogP contribution in [0.3, 0.4) is 0 Å². The lowest BCUT2D eigenvalue weighted by Crippen LogP contribution is -2.44. The van der Waals surface area contributed by atoms with Crippen LogP contribution >= 0.6 is 11.3 Å². The van der Waals surface area contributed by atoms with Crippen molar-refractivity contribution in [1.29, 1.82) is 0 Å². The highest BCUT2D eigenvalue weighted by Crippen LogP contribution is 2.31. The minimum atomic E-state index is -0.934. The van der Waals surface area contributed by atoms with Gasteiger partial charge >= 0.3 is 0 Å². The number of rotatable bonds is 7. The van der Waals surface area contributed by atoms with Gasteiger partial charge in [0.15, 0.2) is 11.6 Å². The summed E-state index contributed by atoms with van der Waals surface area (Å²) in [6, 6.07) is 8.00. The predicted molar refractivity (Wildman–Crippen MR) is 125 cm³/mol. The Labute approximate surface area is 200 Å². The highest BCUT2D eigenvalue weighted by Gasteiger charge is 2.30. The number of nitrogens with one attached hydrogen (secondary N) is 1. The van der Waals surface area contributed by atoms with E-state index in [2.05, 4.69) is 15.2 Å². The number of carbonyl (C=O) groups excluding carboxylic acids is 1. The van der Waals surface area contributed by atoms with Crippen molar-refractivity contribution in [3.63, 3.8) is 0 Å². The Kier molecular flexibility index (Phi) is 7.53. The molecule has 34 heavy (non-hydrogen) atoms. The molecule has 1 unspecified atom stereocenters. The zero-order valence-corrected chi connectivity index (χ0v) is 19.8. The lowest BCUT2D eigenvalue weighted by molar-refractivity contribution is 0.0717. The van der Waals surface area contributed by atoms with E-state index in [0.717, 1.165) is 22.7 Å². The highest BCUT2D eigenvalue weighted by atomic mass is 32.1. The van der Waals surface area contributed by atoms with E-state index < -0.39 is 23.4 Å². The SMILES string of the molecule is Cc1cccc(F)c1C(=O)NCC(c1scnc1C)N1CCC(Oc2ccc(F)c(F)c2)CC1. The molecule has 2 heterocycles. The quantitative estimate of drug-likeness (QED) is 0.496. The van der Waals surface area contributed by atoms with Crippen LogP contribution < -0.4 is 10.1 Å². The average molecular weight is 490 g/mol. The van der Waals surface area contributed by atoms with Gasteiger partial charge in [0.25, 0.3) is 5.91 Å². The van der Waals surface area contributed by atoms with Gasteiger partial charge in [0.2, 0.25) is 0 Å². The highest BCUT2D eigenvalue weighted by molar-refractivity contribution is 7.09. The predicted octanol–water partition coefficient (Wildman–Crippen LogP) is 5.19. The molecule has 1 saturated heterocycles. The number of benzene rings is 2. The summed E-state index contributed by atoms with van der Waals surface area (Å²) in [6.07, 6.45) is 1.25. The van der Waals surface area contributed by atoms with Crippen LogP contribution in [0.5, 0.6) is 5.75 Å². The van der Waals surface area contributed by atoms with Gasteiger partial charge < -0.3 is 10.1 Å². The number of aromatic nitrogens is 1. The van der Waals surface area contributed by atoms with Crippen molar-refractivity contribution < 1.29 is 22.7 Å². The number of thiazole rings is 1. The van der Waals surface area contributed by atoms with E-state index in [4.69, 9.17) is 4.74 Å². The first-order chi connectivity index (χ1) is 16.3. The largest absolute Gasteiger partial charge is 0.490 e. The normalized spacial score (nSPS) is 15.8. The van der Waals surface area contributed by atoms with Gasteiger partial charge in [-0.15, -0.1) is 11.3 Å². The molecule has 0 radical (unpaired) electrons. The molecule has 3 aromatic rings. The molecule has 1 N–H and O–H groups in total. The summed E-state index contributed by atoms with van der Waals surface area (Å²) in [4.78, 5) is 20.4. The molecule has 1 amide bonds. The number of halogens is 3. The topological polar surface area (TPSA) is 54.5 Å². The molecule has 2 aromatic carbocycles. The number of piperidine rings is 1. The summed E-state index contributed by atoms with van der Waals surface area (Å²) >= 11 is 1.52. The standard InChI is InChI=1S/C25H26F3N3O2S/c1-15-4-3-5-20(27)23(15)25(32)29-13-22(24-16(2)30-14-34-24)31-10-8-17(9-11-31)33-18-6-7-19(26)21(28)12-18/h3-7,12,14,17,22H,8-11,13H2,1-2H3,(H,29,32). The Morgan fingerprint density at radius 1 is 1.15 bits per heavy atom. The van der Waals surface area contributed by atoms with Crippen LogP contribution in [0.15, 0.2) is 41.9 Å². The number of likely N-dealkylation sites (tertiary alicyclic amines) is 1. The Bertz CT molecular complexity index is 1140. The maximum atomic E-state index is 14.2. The molecule has 1 aliphatic heterocycles. The first-order valence-corrected chi connectivity index (χ1v) is 12.0. The van der Waals surface area contributed by atoms with Crippen molar-refractivity contribution in [2.75, 3.05) is 19.6 Å². The maximum absolute atomic E-state index is 14.2. The lowest BCUT2D eigenvalue weighted by atomic mass is 10.0. The van der Waals surface area contributed by atoms with Crippen molar-refractivity contribution in [3.8, 4) is 5.75 Å². The van der Waals surface area contributed by atoms with Gasteiger partial charge in [0.1, 0.15) is 17.7 Å². The third-order valence-electron chi connectivity index (χ3n) is 6.10. The van der Waals surface area contributed by atoms with Crippen LogP contribution in [-0.4, -0.2) is 41.5 Å². The molecule has 1 aromatic heterocycles. The van der Waals surface area contributed by atoms with Gasteiger partial charge in [0.05, 0.1) is 22.8 Å². The Morgan fingerprint density at radius 3 is 2.56 bits per heavy atom. The minimum absolute atomic E-state index is 0.0564. The Hall–Kier alpha value is -2.91. The number of carbonyl (C=O) groups is 1. The van der Waals surface area contributed by atoms with E-state index in [1.54, 1.807) is 24.6 Å². The molecule has 0 aliphatic carbocycles. The monoisotopic (exact) mass is 489 g/mol. The average Bonchev–Trinajstić information content (AvgIpc) is 3.23. The summed E-state index contributed by atoms with van der Waals surface area (Å²) in [5.74, 6) is -2.52. The van der Waals surface area contributed by atoms with Crippen LogP contribution in [0.4, 0.5) is 13.2 Å². The number of ether oxygens (including phenoxy) is 1. The molecule has 0 saturated carbocycles. The number of amides is 1. The molecular weight excluding hydrogens is 463 g/mol. The van der Waals surface area contributed by atoms with Gasteiger partial charge in [-0.2, -0.15) is 0 Å². The van der Waals surface area contributed by atoms with Gasteiger partial charge in [0, 0.05) is 30.6 Å². The summed E-state index contributed by atoms with van der Waals surface area (Å²) in [6.45, 7) is 5.32. The van der Waals surface area contributed by atoms with E-state index in [-0.39, 0.29) is 17.7 Å². The second-order valence-corrected chi connectivity index (χ2v) is 9.28.